The lowest BCUT2D eigenvalue weighted by atomic mass is 10.3. The average Bonchev–Trinajstić information content (AvgIpc) is 2.49. The predicted molar refractivity (Wildman–Crippen MR) is 43.1 cm³/mol. The standard InChI is InChI=1S/C5H8N4O2S/c10-4(11)2-1-3-6-5-7-8-9-12-5/h1-3H2,(H,10,11)(H,6,7,9). The Morgan fingerprint density at radius 3 is 3.08 bits per heavy atom. The molecule has 66 valence electrons. The Kier molecular flexibility index (Phi) is 3.39. The van der Waals surface area contributed by atoms with Gasteiger partial charge in [-0.2, -0.15) is 0 Å². The van der Waals surface area contributed by atoms with Crippen LogP contribution < -0.4 is 5.32 Å². The third kappa shape index (κ3) is 3.24. The van der Waals surface area contributed by atoms with Gasteiger partial charge < -0.3 is 10.4 Å². The number of anilines is 1. The monoisotopic (exact) mass is 188 g/mol. The van der Waals surface area contributed by atoms with Crippen molar-refractivity contribution in [3.63, 3.8) is 0 Å². The van der Waals surface area contributed by atoms with E-state index in [1.165, 1.54) is 0 Å². The largest absolute Gasteiger partial charge is 0.481 e. The highest BCUT2D eigenvalue weighted by molar-refractivity contribution is 7.09. The summed E-state index contributed by atoms with van der Waals surface area (Å²) in [6, 6.07) is 0. The van der Waals surface area contributed by atoms with Crippen LogP contribution in [0, 0.1) is 0 Å². The molecule has 0 saturated carbocycles. The van der Waals surface area contributed by atoms with Gasteiger partial charge in [-0.3, -0.25) is 4.79 Å². The fourth-order valence-electron chi connectivity index (χ4n) is 0.637. The lowest BCUT2D eigenvalue weighted by Crippen LogP contribution is -2.04. The van der Waals surface area contributed by atoms with E-state index in [0.717, 1.165) is 11.5 Å². The lowest BCUT2D eigenvalue weighted by Gasteiger charge is -1.97. The minimum absolute atomic E-state index is 0.166. The second-order valence-electron chi connectivity index (χ2n) is 2.09. The number of carboxylic acid groups (broad SMARTS) is 1. The molecule has 6 nitrogen and oxygen atoms in total. The highest BCUT2D eigenvalue weighted by Gasteiger charge is 1.98. The lowest BCUT2D eigenvalue weighted by molar-refractivity contribution is -0.137. The van der Waals surface area contributed by atoms with Crippen molar-refractivity contribution in [3.05, 3.63) is 0 Å². The average molecular weight is 188 g/mol. The van der Waals surface area contributed by atoms with Crippen molar-refractivity contribution < 1.29 is 9.90 Å². The number of aliphatic carboxylic acids is 1. The number of carboxylic acids is 1. The van der Waals surface area contributed by atoms with Gasteiger partial charge in [-0.05, 0) is 11.6 Å². The van der Waals surface area contributed by atoms with Gasteiger partial charge in [-0.15, -0.1) is 0 Å². The van der Waals surface area contributed by atoms with Crippen LogP contribution in [-0.4, -0.2) is 32.4 Å². The van der Waals surface area contributed by atoms with E-state index in [9.17, 15) is 4.79 Å². The summed E-state index contributed by atoms with van der Waals surface area (Å²) in [5.41, 5.74) is 0. The topological polar surface area (TPSA) is 88.0 Å². The molecule has 0 aliphatic carbocycles. The maximum atomic E-state index is 10.1. The van der Waals surface area contributed by atoms with Crippen molar-refractivity contribution in [2.24, 2.45) is 0 Å². The van der Waals surface area contributed by atoms with Crippen molar-refractivity contribution >= 4 is 22.6 Å². The number of carbonyl (C=O) groups is 1. The number of hydrogen-bond donors (Lipinski definition) is 2. The zero-order chi connectivity index (χ0) is 8.81. The summed E-state index contributed by atoms with van der Waals surface area (Å²) in [5, 5.41) is 18.8. The summed E-state index contributed by atoms with van der Waals surface area (Å²) >= 11 is 1.15. The molecular weight excluding hydrogens is 180 g/mol. The Morgan fingerprint density at radius 1 is 1.67 bits per heavy atom. The van der Waals surface area contributed by atoms with Crippen molar-refractivity contribution in [3.8, 4) is 0 Å². The quantitative estimate of drug-likeness (QED) is 0.642. The third-order valence-electron chi connectivity index (χ3n) is 1.14. The van der Waals surface area contributed by atoms with E-state index in [1.54, 1.807) is 0 Å². The first kappa shape index (κ1) is 8.85. The van der Waals surface area contributed by atoms with Crippen LogP contribution in [0.4, 0.5) is 5.13 Å². The van der Waals surface area contributed by atoms with E-state index in [-0.39, 0.29) is 6.42 Å². The molecule has 0 atom stereocenters. The number of nitrogens with one attached hydrogen (secondary N) is 1. The number of nitrogens with zero attached hydrogens (tertiary/aromatic N) is 3. The Bertz CT molecular complexity index is 238. The van der Waals surface area contributed by atoms with Gasteiger partial charge in [0.2, 0.25) is 5.13 Å². The van der Waals surface area contributed by atoms with Crippen LogP contribution in [0.1, 0.15) is 12.8 Å². The second-order valence-corrected chi connectivity index (χ2v) is 2.82. The van der Waals surface area contributed by atoms with Gasteiger partial charge in [0.05, 0.1) is 0 Å². The molecular formula is C5H8N4O2S. The minimum atomic E-state index is -0.785. The zero-order valence-corrected chi connectivity index (χ0v) is 7.04. The molecule has 2 N–H and O–H groups in total. The fraction of sp³-hybridized carbons (Fsp3) is 0.600. The highest BCUT2D eigenvalue weighted by Crippen LogP contribution is 2.04. The molecule has 1 aromatic rings. The maximum absolute atomic E-state index is 10.1. The first-order chi connectivity index (χ1) is 5.79. The molecule has 0 saturated heterocycles. The van der Waals surface area contributed by atoms with E-state index in [2.05, 4.69) is 20.1 Å². The molecule has 1 heterocycles. The van der Waals surface area contributed by atoms with E-state index in [0.29, 0.717) is 18.1 Å². The van der Waals surface area contributed by atoms with Gasteiger partial charge in [0.25, 0.3) is 0 Å². The smallest absolute Gasteiger partial charge is 0.303 e. The van der Waals surface area contributed by atoms with Crippen LogP contribution in [0.2, 0.25) is 0 Å². The number of rotatable bonds is 5. The minimum Gasteiger partial charge on any atom is -0.481 e. The summed E-state index contributed by atoms with van der Waals surface area (Å²) in [6.07, 6.45) is 0.744. The van der Waals surface area contributed by atoms with Crippen LogP contribution in [0.3, 0.4) is 0 Å². The SMILES string of the molecule is O=C(O)CCCNc1nnns1. The molecule has 0 radical (unpaired) electrons. The van der Waals surface area contributed by atoms with E-state index >= 15 is 0 Å². The number of aromatic nitrogens is 3. The Hall–Kier alpha value is -1.24. The third-order valence-corrected chi connectivity index (χ3v) is 1.70. The molecule has 0 aliphatic heterocycles. The summed E-state index contributed by atoms with van der Waals surface area (Å²) in [5.74, 6) is -0.785. The van der Waals surface area contributed by atoms with Crippen LogP contribution in [0.5, 0.6) is 0 Å². The van der Waals surface area contributed by atoms with Crippen LogP contribution >= 0.6 is 11.5 Å². The summed E-state index contributed by atoms with van der Waals surface area (Å²) < 4.78 is 3.54. The molecule has 0 unspecified atom stereocenters. The van der Waals surface area contributed by atoms with Crippen molar-refractivity contribution in [1.82, 2.24) is 14.8 Å². The molecule has 12 heavy (non-hydrogen) atoms. The molecule has 1 aromatic heterocycles. The molecule has 0 bridgehead atoms. The number of hydrogen-bond acceptors (Lipinski definition) is 6. The van der Waals surface area contributed by atoms with Gasteiger partial charge in [-0.25, -0.2) is 0 Å². The van der Waals surface area contributed by atoms with Crippen LogP contribution in [-0.2, 0) is 4.79 Å². The molecule has 0 amide bonds. The first-order valence-corrected chi connectivity index (χ1v) is 4.17. The van der Waals surface area contributed by atoms with Crippen LogP contribution in [0.25, 0.3) is 0 Å². The first-order valence-electron chi connectivity index (χ1n) is 3.40. The van der Waals surface area contributed by atoms with Crippen molar-refractivity contribution in [1.29, 1.82) is 0 Å². The Labute approximate surface area is 72.8 Å². The van der Waals surface area contributed by atoms with Gasteiger partial charge in [0.1, 0.15) is 0 Å². The van der Waals surface area contributed by atoms with E-state index in [1.807, 2.05) is 0 Å². The maximum Gasteiger partial charge on any atom is 0.303 e. The molecule has 0 aromatic carbocycles. The molecule has 7 heteroatoms. The van der Waals surface area contributed by atoms with E-state index < -0.39 is 5.97 Å². The summed E-state index contributed by atoms with van der Waals surface area (Å²) in [4.78, 5) is 10.1. The predicted octanol–water partition coefficient (Wildman–Crippen LogP) is 0.210. The highest BCUT2D eigenvalue weighted by atomic mass is 32.1. The second kappa shape index (κ2) is 4.60. The molecule has 0 spiro atoms. The van der Waals surface area contributed by atoms with Gasteiger partial charge in [-0.1, -0.05) is 9.59 Å². The normalized spacial score (nSPS) is 9.67. The molecule has 0 aliphatic rings. The van der Waals surface area contributed by atoms with Gasteiger partial charge >= 0.3 is 5.97 Å². The van der Waals surface area contributed by atoms with Crippen LogP contribution in [0.15, 0.2) is 0 Å². The zero-order valence-electron chi connectivity index (χ0n) is 6.23. The van der Waals surface area contributed by atoms with Gasteiger partial charge in [0.15, 0.2) is 0 Å². The Morgan fingerprint density at radius 2 is 2.50 bits per heavy atom. The Balaban J connectivity index is 2.07. The van der Waals surface area contributed by atoms with Gasteiger partial charge in [0, 0.05) is 24.5 Å². The molecule has 1 rings (SSSR count). The fourth-order valence-corrected chi connectivity index (χ4v) is 1.03. The van der Waals surface area contributed by atoms with E-state index in [4.69, 9.17) is 5.11 Å². The van der Waals surface area contributed by atoms with Crippen molar-refractivity contribution in [2.45, 2.75) is 12.8 Å². The molecule has 0 fully saturated rings. The summed E-state index contributed by atoms with van der Waals surface area (Å²) in [7, 11) is 0. The summed E-state index contributed by atoms with van der Waals surface area (Å²) in [6.45, 7) is 0.586. The van der Waals surface area contributed by atoms with Crippen molar-refractivity contribution in [2.75, 3.05) is 11.9 Å².